The standard InChI is InChI=1S/C10H23N.Co/c1-2-3-4-5-6-7-8-9-10-11;/h2-11H2,1H3;/q;+2. The summed E-state index contributed by atoms with van der Waals surface area (Å²) in [5.41, 5.74) is 5.39. The maximum absolute atomic E-state index is 5.39. The third-order valence-corrected chi connectivity index (χ3v) is 2.06. The molecular formula is C10H23CoN+2. The summed E-state index contributed by atoms with van der Waals surface area (Å²) >= 11 is 0. The first kappa shape index (κ1) is 15.0. The van der Waals surface area contributed by atoms with Crippen molar-refractivity contribution in [3.05, 3.63) is 0 Å². The molecule has 75 valence electrons. The van der Waals surface area contributed by atoms with Crippen LogP contribution < -0.4 is 5.73 Å². The fourth-order valence-electron chi connectivity index (χ4n) is 1.28. The first-order chi connectivity index (χ1) is 5.41. The minimum Gasteiger partial charge on any atom is -0.330 e. The average molecular weight is 216 g/mol. The summed E-state index contributed by atoms with van der Waals surface area (Å²) in [4.78, 5) is 0. The van der Waals surface area contributed by atoms with E-state index in [9.17, 15) is 0 Å². The van der Waals surface area contributed by atoms with E-state index >= 15 is 0 Å². The second-order valence-corrected chi connectivity index (χ2v) is 3.26. The van der Waals surface area contributed by atoms with Crippen LogP contribution in [0.3, 0.4) is 0 Å². The molecular weight excluding hydrogens is 193 g/mol. The topological polar surface area (TPSA) is 26.0 Å². The Labute approximate surface area is 87.7 Å². The van der Waals surface area contributed by atoms with E-state index in [0.717, 1.165) is 6.54 Å². The van der Waals surface area contributed by atoms with Crippen LogP contribution in [0.2, 0.25) is 0 Å². The van der Waals surface area contributed by atoms with E-state index in [1.165, 1.54) is 51.4 Å². The van der Waals surface area contributed by atoms with E-state index in [-0.39, 0.29) is 16.8 Å². The van der Waals surface area contributed by atoms with Crippen molar-refractivity contribution in [3.8, 4) is 0 Å². The van der Waals surface area contributed by atoms with Crippen molar-refractivity contribution in [3.63, 3.8) is 0 Å². The fourth-order valence-corrected chi connectivity index (χ4v) is 1.28. The molecule has 0 bridgehead atoms. The Hall–Kier alpha value is 0.466. The van der Waals surface area contributed by atoms with Gasteiger partial charge in [0.25, 0.3) is 0 Å². The third kappa shape index (κ3) is 13.1. The summed E-state index contributed by atoms with van der Waals surface area (Å²) in [7, 11) is 0. The normalized spacial score (nSPS) is 9.50. The SMILES string of the molecule is CCCCCCCCCCN.[Co+2]. The Morgan fingerprint density at radius 2 is 1.17 bits per heavy atom. The Kier molecular flexibility index (Phi) is 17.5. The van der Waals surface area contributed by atoms with Crippen molar-refractivity contribution in [2.75, 3.05) is 6.54 Å². The van der Waals surface area contributed by atoms with Gasteiger partial charge in [-0.25, -0.2) is 0 Å². The zero-order valence-electron chi connectivity index (χ0n) is 8.27. The molecule has 1 radical (unpaired) electrons. The Morgan fingerprint density at radius 3 is 1.58 bits per heavy atom. The van der Waals surface area contributed by atoms with Crippen LogP contribution in [0.25, 0.3) is 0 Å². The summed E-state index contributed by atoms with van der Waals surface area (Å²) < 4.78 is 0. The summed E-state index contributed by atoms with van der Waals surface area (Å²) in [6, 6.07) is 0. The molecule has 0 atom stereocenters. The van der Waals surface area contributed by atoms with Gasteiger partial charge in [0.05, 0.1) is 0 Å². The molecule has 0 saturated carbocycles. The quantitative estimate of drug-likeness (QED) is 0.620. The van der Waals surface area contributed by atoms with Gasteiger partial charge in [0.1, 0.15) is 0 Å². The van der Waals surface area contributed by atoms with Crippen molar-refractivity contribution in [1.29, 1.82) is 0 Å². The van der Waals surface area contributed by atoms with Crippen LogP contribution in [-0.4, -0.2) is 6.54 Å². The van der Waals surface area contributed by atoms with Gasteiger partial charge in [0.2, 0.25) is 0 Å². The molecule has 12 heavy (non-hydrogen) atoms. The number of rotatable bonds is 8. The van der Waals surface area contributed by atoms with E-state index in [4.69, 9.17) is 5.73 Å². The van der Waals surface area contributed by atoms with E-state index < -0.39 is 0 Å². The maximum Gasteiger partial charge on any atom is 2.00 e. The van der Waals surface area contributed by atoms with Gasteiger partial charge in [-0.15, -0.1) is 0 Å². The molecule has 0 rings (SSSR count). The van der Waals surface area contributed by atoms with Crippen LogP contribution in [0.1, 0.15) is 58.3 Å². The van der Waals surface area contributed by atoms with Crippen LogP contribution in [-0.2, 0) is 16.8 Å². The minimum atomic E-state index is 0. The van der Waals surface area contributed by atoms with Gasteiger partial charge in [0, 0.05) is 0 Å². The Morgan fingerprint density at radius 1 is 0.750 bits per heavy atom. The molecule has 0 aromatic carbocycles. The van der Waals surface area contributed by atoms with Gasteiger partial charge in [-0.1, -0.05) is 51.9 Å². The molecule has 0 heterocycles. The largest absolute Gasteiger partial charge is 2.00 e. The maximum atomic E-state index is 5.39. The second-order valence-electron chi connectivity index (χ2n) is 3.26. The Balaban J connectivity index is 0. The predicted molar refractivity (Wildman–Crippen MR) is 51.7 cm³/mol. The molecule has 0 aromatic rings. The van der Waals surface area contributed by atoms with E-state index in [1.54, 1.807) is 0 Å². The van der Waals surface area contributed by atoms with Crippen LogP contribution in [0.15, 0.2) is 0 Å². The molecule has 0 aliphatic heterocycles. The molecule has 0 aliphatic carbocycles. The molecule has 0 unspecified atom stereocenters. The van der Waals surface area contributed by atoms with Crippen molar-refractivity contribution in [2.45, 2.75) is 58.3 Å². The molecule has 0 amide bonds. The molecule has 2 heteroatoms. The first-order valence-electron chi connectivity index (χ1n) is 5.12. The minimum absolute atomic E-state index is 0. The van der Waals surface area contributed by atoms with Gasteiger partial charge >= 0.3 is 16.8 Å². The number of nitrogens with two attached hydrogens (primary N) is 1. The number of hydrogen-bond donors (Lipinski definition) is 1. The number of hydrogen-bond acceptors (Lipinski definition) is 1. The molecule has 0 saturated heterocycles. The van der Waals surface area contributed by atoms with Crippen molar-refractivity contribution in [2.24, 2.45) is 5.73 Å². The summed E-state index contributed by atoms with van der Waals surface area (Å²) in [5, 5.41) is 0. The van der Waals surface area contributed by atoms with Gasteiger partial charge in [-0.05, 0) is 13.0 Å². The monoisotopic (exact) mass is 216 g/mol. The zero-order valence-corrected chi connectivity index (χ0v) is 9.32. The molecule has 0 aliphatic rings. The van der Waals surface area contributed by atoms with Crippen molar-refractivity contribution < 1.29 is 16.8 Å². The van der Waals surface area contributed by atoms with Crippen LogP contribution in [0, 0.1) is 0 Å². The van der Waals surface area contributed by atoms with E-state index in [2.05, 4.69) is 6.92 Å². The molecule has 1 nitrogen and oxygen atoms in total. The van der Waals surface area contributed by atoms with E-state index in [0.29, 0.717) is 0 Å². The van der Waals surface area contributed by atoms with Gasteiger partial charge in [-0.3, -0.25) is 0 Å². The molecule has 2 N–H and O–H groups in total. The molecule has 0 fully saturated rings. The van der Waals surface area contributed by atoms with E-state index in [1.807, 2.05) is 0 Å². The van der Waals surface area contributed by atoms with Gasteiger partial charge in [0.15, 0.2) is 0 Å². The zero-order chi connectivity index (χ0) is 8.36. The third-order valence-electron chi connectivity index (χ3n) is 2.06. The fraction of sp³-hybridized carbons (Fsp3) is 1.00. The number of unbranched alkanes of at least 4 members (excludes halogenated alkanes) is 7. The molecule has 0 aromatic heterocycles. The first-order valence-corrected chi connectivity index (χ1v) is 5.12. The van der Waals surface area contributed by atoms with Crippen molar-refractivity contribution >= 4 is 0 Å². The van der Waals surface area contributed by atoms with Gasteiger partial charge < -0.3 is 5.73 Å². The average Bonchev–Trinajstić information content (AvgIpc) is 2.03. The molecule has 0 spiro atoms. The van der Waals surface area contributed by atoms with Crippen LogP contribution >= 0.6 is 0 Å². The smallest absolute Gasteiger partial charge is 0.330 e. The van der Waals surface area contributed by atoms with Crippen molar-refractivity contribution in [1.82, 2.24) is 0 Å². The predicted octanol–water partition coefficient (Wildman–Crippen LogP) is 3.08. The summed E-state index contributed by atoms with van der Waals surface area (Å²) in [6.07, 6.45) is 11.0. The summed E-state index contributed by atoms with van der Waals surface area (Å²) in [6.45, 7) is 3.13. The second kappa shape index (κ2) is 14.0. The van der Waals surface area contributed by atoms with Gasteiger partial charge in [-0.2, -0.15) is 0 Å². The van der Waals surface area contributed by atoms with Crippen LogP contribution in [0.5, 0.6) is 0 Å². The van der Waals surface area contributed by atoms with Crippen LogP contribution in [0.4, 0.5) is 0 Å². The Bertz CT molecular complexity index is 58.9. The summed E-state index contributed by atoms with van der Waals surface area (Å²) in [5.74, 6) is 0.